The van der Waals surface area contributed by atoms with Crippen LogP contribution in [0.2, 0.25) is 5.02 Å². The number of nitrogens with zero attached hydrogens (tertiary/aromatic N) is 1. The van der Waals surface area contributed by atoms with E-state index in [-0.39, 0.29) is 5.78 Å². The summed E-state index contributed by atoms with van der Waals surface area (Å²) in [5.74, 6) is 1.16. The zero-order chi connectivity index (χ0) is 20.1. The number of Topliss-reactive ketones (excluding diaryl/α,β-unsaturated/α-hetero) is 1. The van der Waals surface area contributed by atoms with E-state index >= 15 is 0 Å². The highest BCUT2D eigenvalue weighted by Crippen LogP contribution is 2.31. The van der Waals surface area contributed by atoms with E-state index in [0.29, 0.717) is 34.4 Å². The molecule has 0 unspecified atom stereocenters. The Morgan fingerprint density at radius 3 is 2.68 bits per heavy atom. The van der Waals surface area contributed by atoms with Crippen molar-refractivity contribution >= 4 is 23.1 Å². The molecule has 0 aromatic heterocycles. The lowest BCUT2D eigenvalue weighted by Crippen LogP contribution is -2.33. The number of aryl methyl sites for hydroxylation is 1. The summed E-state index contributed by atoms with van der Waals surface area (Å²) in [7, 11) is 1.55. The number of ketones is 1. The number of hydrogen-bond acceptors (Lipinski definition) is 4. The Bertz CT molecular complexity index is 829. The van der Waals surface area contributed by atoms with Crippen molar-refractivity contribution in [3.05, 3.63) is 58.1 Å². The van der Waals surface area contributed by atoms with Crippen LogP contribution in [0.15, 0.2) is 36.4 Å². The number of carbonyl (C=O) groups excluding carboxylic acids is 1. The van der Waals surface area contributed by atoms with Gasteiger partial charge < -0.3 is 10.5 Å². The zero-order valence-electron chi connectivity index (χ0n) is 16.7. The molecule has 0 spiro atoms. The smallest absolute Gasteiger partial charge is 0.166 e. The number of ether oxygens (including phenoxy) is 1. The molecule has 1 aliphatic rings. The summed E-state index contributed by atoms with van der Waals surface area (Å²) >= 11 is 6.09. The second kappa shape index (κ2) is 9.44. The number of anilines is 1. The molecule has 2 aromatic rings. The van der Waals surface area contributed by atoms with Crippen LogP contribution in [0.5, 0.6) is 5.75 Å². The first-order valence-electron chi connectivity index (χ1n) is 9.90. The van der Waals surface area contributed by atoms with Crippen LogP contribution in [0.3, 0.4) is 0 Å². The highest BCUT2D eigenvalue weighted by Gasteiger charge is 2.21. The molecule has 0 saturated carbocycles. The van der Waals surface area contributed by atoms with Crippen molar-refractivity contribution in [3.8, 4) is 5.75 Å². The number of methoxy groups -OCH3 is 1. The van der Waals surface area contributed by atoms with Crippen molar-refractivity contribution in [1.29, 1.82) is 0 Å². The van der Waals surface area contributed by atoms with E-state index in [0.717, 1.165) is 38.9 Å². The molecule has 0 aliphatic carbocycles. The maximum atomic E-state index is 12.7. The van der Waals surface area contributed by atoms with Gasteiger partial charge in [0.15, 0.2) is 5.78 Å². The molecule has 1 heterocycles. The molecule has 4 nitrogen and oxygen atoms in total. The highest BCUT2D eigenvalue weighted by molar-refractivity contribution is 6.33. The molecule has 0 radical (unpaired) electrons. The van der Waals surface area contributed by atoms with Crippen LogP contribution in [0.4, 0.5) is 5.69 Å². The average molecular weight is 401 g/mol. The molecule has 1 aliphatic heterocycles. The number of carbonyl (C=O) groups is 1. The lowest BCUT2D eigenvalue weighted by molar-refractivity contribution is 0.0958. The van der Waals surface area contributed by atoms with Gasteiger partial charge in [0.1, 0.15) is 5.75 Å². The second-order valence-corrected chi connectivity index (χ2v) is 8.15. The summed E-state index contributed by atoms with van der Waals surface area (Å²) in [4.78, 5) is 15.2. The summed E-state index contributed by atoms with van der Waals surface area (Å²) in [6.07, 6.45) is 3.69. The van der Waals surface area contributed by atoms with Crippen LogP contribution in [-0.2, 0) is 6.54 Å². The molecule has 1 saturated heterocycles. The predicted molar refractivity (Wildman–Crippen MR) is 115 cm³/mol. The van der Waals surface area contributed by atoms with Gasteiger partial charge in [0.25, 0.3) is 0 Å². The van der Waals surface area contributed by atoms with E-state index in [2.05, 4.69) is 36.1 Å². The van der Waals surface area contributed by atoms with Crippen molar-refractivity contribution < 1.29 is 9.53 Å². The molecule has 28 heavy (non-hydrogen) atoms. The minimum absolute atomic E-state index is 0.0703. The minimum Gasteiger partial charge on any atom is -0.496 e. The van der Waals surface area contributed by atoms with Gasteiger partial charge in [-0.05, 0) is 56.8 Å². The molecule has 2 N–H and O–H groups in total. The molecule has 0 atom stereocenters. The van der Waals surface area contributed by atoms with E-state index in [4.69, 9.17) is 22.1 Å². The molecule has 150 valence electrons. The van der Waals surface area contributed by atoms with Crippen molar-refractivity contribution in [1.82, 2.24) is 4.90 Å². The third kappa shape index (κ3) is 5.27. The fraction of sp³-hybridized carbons (Fsp3) is 0.435. The van der Waals surface area contributed by atoms with Crippen LogP contribution < -0.4 is 10.5 Å². The monoisotopic (exact) mass is 400 g/mol. The van der Waals surface area contributed by atoms with Gasteiger partial charge in [-0.2, -0.15) is 0 Å². The average Bonchev–Trinajstić information content (AvgIpc) is 2.69. The number of nitrogen functional groups attached to an aromatic ring is 1. The summed E-state index contributed by atoms with van der Waals surface area (Å²) in [6.45, 7) is 5.32. The minimum atomic E-state index is 0.0703. The topological polar surface area (TPSA) is 55.6 Å². The summed E-state index contributed by atoms with van der Waals surface area (Å²) in [6, 6.07) is 12.0. The largest absolute Gasteiger partial charge is 0.496 e. The Morgan fingerprint density at radius 1 is 1.25 bits per heavy atom. The fourth-order valence-corrected chi connectivity index (χ4v) is 4.09. The third-order valence-electron chi connectivity index (χ3n) is 5.59. The van der Waals surface area contributed by atoms with Crippen molar-refractivity contribution in [3.63, 3.8) is 0 Å². The molecule has 0 amide bonds. The second-order valence-electron chi connectivity index (χ2n) is 7.74. The fourth-order valence-electron chi connectivity index (χ4n) is 3.93. The maximum absolute atomic E-state index is 12.7. The Balaban J connectivity index is 1.49. The Kier molecular flexibility index (Phi) is 6.97. The summed E-state index contributed by atoms with van der Waals surface area (Å²) < 4.78 is 5.31. The van der Waals surface area contributed by atoms with Crippen molar-refractivity contribution in [2.75, 3.05) is 25.9 Å². The Labute approximate surface area is 172 Å². The normalized spacial score (nSPS) is 15.5. The van der Waals surface area contributed by atoms with Gasteiger partial charge >= 0.3 is 0 Å². The molecular formula is C23H29ClN2O2. The molecular weight excluding hydrogens is 372 g/mol. The first-order valence-corrected chi connectivity index (χ1v) is 10.3. The molecule has 2 aromatic carbocycles. The maximum Gasteiger partial charge on any atom is 0.166 e. The number of likely N-dealkylation sites (tertiary alicyclic amines) is 1. The van der Waals surface area contributed by atoms with Gasteiger partial charge in [-0.3, -0.25) is 9.69 Å². The van der Waals surface area contributed by atoms with Crippen molar-refractivity contribution in [2.45, 2.75) is 39.2 Å². The quantitative estimate of drug-likeness (QED) is 0.518. The van der Waals surface area contributed by atoms with Gasteiger partial charge in [-0.25, -0.2) is 0 Å². The number of rotatable bonds is 7. The van der Waals surface area contributed by atoms with Gasteiger partial charge in [0, 0.05) is 19.0 Å². The zero-order valence-corrected chi connectivity index (χ0v) is 17.5. The molecule has 3 rings (SSSR count). The first-order chi connectivity index (χ1) is 13.5. The van der Waals surface area contributed by atoms with E-state index in [9.17, 15) is 4.79 Å². The number of benzene rings is 2. The van der Waals surface area contributed by atoms with Gasteiger partial charge in [0.2, 0.25) is 0 Å². The first kappa shape index (κ1) is 20.7. The summed E-state index contributed by atoms with van der Waals surface area (Å²) in [5, 5.41) is 0.397. The predicted octanol–water partition coefficient (Wildman–Crippen LogP) is 5.11. The van der Waals surface area contributed by atoms with Crippen LogP contribution in [0.1, 0.15) is 47.2 Å². The van der Waals surface area contributed by atoms with Crippen LogP contribution in [0.25, 0.3) is 0 Å². The van der Waals surface area contributed by atoms with Gasteiger partial charge in [-0.1, -0.05) is 41.4 Å². The molecule has 5 heteroatoms. The lowest BCUT2D eigenvalue weighted by Gasteiger charge is -2.32. The van der Waals surface area contributed by atoms with Gasteiger partial charge in [0.05, 0.1) is 23.4 Å². The lowest BCUT2D eigenvalue weighted by atomic mass is 9.90. The van der Waals surface area contributed by atoms with E-state index in [1.54, 1.807) is 19.2 Å². The number of nitrogens with two attached hydrogens (primary N) is 1. The summed E-state index contributed by atoms with van der Waals surface area (Å²) in [5.41, 5.74) is 9.44. The van der Waals surface area contributed by atoms with Crippen molar-refractivity contribution in [2.24, 2.45) is 5.92 Å². The molecule has 0 bridgehead atoms. The van der Waals surface area contributed by atoms with Crippen LogP contribution in [0, 0.1) is 12.8 Å². The SMILES string of the molecule is COc1cc(N)c(Cl)cc1C(=O)CCC1CCN(Cc2cccc(C)c2)CC1. The molecule has 1 fully saturated rings. The van der Waals surface area contributed by atoms with Gasteiger partial charge in [-0.15, -0.1) is 0 Å². The standard InChI is InChI=1S/C23H29ClN2O2/c1-16-4-3-5-18(12-16)15-26-10-8-17(9-11-26)6-7-22(27)19-13-20(24)21(25)14-23(19)28-2/h3-5,12-14,17H,6-11,15,25H2,1-2H3. The van der Waals surface area contributed by atoms with E-state index < -0.39 is 0 Å². The number of halogens is 1. The highest BCUT2D eigenvalue weighted by atomic mass is 35.5. The number of piperidine rings is 1. The van der Waals surface area contributed by atoms with Crippen LogP contribution in [-0.4, -0.2) is 30.9 Å². The number of hydrogen-bond donors (Lipinski definition) is 1. The Hall–Kier alpha value is -2.04. The van der Waals surface area contributed by atoms with E-state index in [1.165, 1.54) is 11.1 Å². The van der Waals surface area contributed by atoms with E-state index in [1.807, 2.05) is 0 Å². The Morgan fingerprint density at radius 2 is 2.00 bits per heavy atom. The van der Waals surface area contributed by atoms with Crippen LogP contribution >= 0.6 is 11.6 Å². The third-order valence-corrected chi connectivity index (χ3v) is 5.92.